The zero-order valence-corrected chi connectivity index (χ0v) is 7.16. The van der Waals surface area contributed by atoms with Crippen molar-refractivity contribution < 1.29 is 14.1 Å². The van der Waals surface area contributed by atoms with Gasteiger partial charge < -0.3 is 9.31 Å². The molecule has 0 amide bonds. The summed E-state index contributed by atoms with van der Waals surface area (Å²) in [6, 6.07) is 0. The molecule has 1 aliphatic heterocycles. The van der Waals surface area contributed by atoms with Gasteiger partial charge in [-0.3, -0.25) is 4.79 Å². The Morgan fingerprint density at radius 3 is 2.73 bits per heavy atom. The highest BCUT2D eigenvalue weighted by atomic mass is 16.6. The molecule has 11 heavy (non-hydrogen) atoms. The topological polar surface area (TPSA) is 35.5 Å². The van der Waals surface area contributed by atoms with Crippen LogP contribution in [-0.2, 0) is 14.1 Å². The van der Waals surface area contributed by atoms with E-state index in [1.165, 1.54) is 0 Å². The molecule has 0 aliphatic carbocycles. The van der Waals surface area contributed by atoms with Crippen LogP contribution in [0, 0.1) is 0 Å². The fourth-order valence-corrected chi connectivity index (χ4v) is 1.01. The van der Waals surface area contributed by atoms with E-state index >= 15 is 0 Å². The van der Waals surface area contributed by atoms with E-state index in [1.54, 1.807) is 0 Å². The molecule has 1 saturated heterocycles. The molecule has 1 atom stereocenters. The van der Waals surface area contributed by atoms with Crippen molar-refractivity contribution in [3.8, 4) is 0 Å². The summed E-state index contributed by atoms with van der Waals surface area (Å²) in [5.41, 5.74) is 0. The molecule has 0 bridgehead atoms. The normalized spacial score (nSPS) is 25.6. The van der Waals surface area contributed by atoms with E-state index in [1.807, 2.05) is 20.8 Å². The molecule has 0 spiro atoms. The van der Waals surface area contributed by atoms with E-state index in [0.717, 1.165) is 0 Å². The summed E-state index contributed by atoms with van der Waals surface area (Å²) in [6.07, 6.45) is 0.382. The Bertz CT molecular complexity index is 158. The molecule has 0 radical (unpaired) electrons. The summed E-state index contributed by atoms with van der Waals surface area (Å²) >= 11 is 0. The minimum Gasteiger partial charge on any atom is -0.509 e. The molecule has 1 fully saturated rings. The molecule has 1 rings (SSSR count). The molecule has 1 aliphatic rings. The highest BCUT2D eigenvalue weighted by molar-refractivity contribution is 6.48. The summed E-state index contributed by atoms with van der Waals surface area (Å²) in [7, 11) is -0.341. The average molecular weight is 156 g/mol. The van der Waals surface area contributed by atoms with Crippen molar-refractivity contribution in [2.24, 2.45) is 0 Å². The second kappa shape index (κ2) is 3.26. The van der Waals surface area contributed by atoms with Crippen molar-refractivity contribution in [1.82, 2.24) is 0 Å². The maximum Gasteiger partial charge on any atom is 0.530 e. The summed E-state index contributed by atoms with van der Waals surface area (Å²) in [5.74, 6) is 0.0872. The molecule has 1 unspecified atom stereocenters. The van der Waals surface area contributed by atoms with Gasteiger partial charge in [-0.2, -0.15) is 0 Å². The van der Waals surface area contributed by atoms with Crippen molar-refractivity contribution in [2.45, 2.75) is 39.1 Å². The molecular weight excluding hydrogens is 143 g/mol. The van der Waals surface area contributed by atoms with Gasteiger partial charge in [0, 0.05) is 5.82 Å². The lowest BCUT2D eigenvalue weighted by Gasteiger charge is -2.26. The Kier molecular flexibility index (Phi) is 2.55. The summed E-state index contributed by atoms with van der Waals surface area (Å²) < 4.78 is 10.3. The van der Waals surface area contributed by atoms with Crippen LogP contribution in [0.1, 0.15) is 27.2 Å². The Morgan fingerprint density at radius 2 is 2.27 bits per heavy atom. The Balaban J connectivity index is 2.49. The van der Waals surface area contributed by atoms with Crippen molar-refractivity contribution in [1.29, 1.82) is 0 Å². The highest BCUT2D eigenvalue weighted by Gasteiger charge is 2.34. The van der Waals surface area contributed by atoms with E-state index in [2.05, 4.69) is 0 Å². The van der Waals surface area contributed by atoms with E-state index in [-0.39, 0.29) is 25.0 Å². The number of hydrogen-bond donors (Lipinski definition) is 0. The third-order valence-electron chi connectivity index (χ3n) is 1.61. The van der Waals surface area contributed by atoms with Crippen LogP contribution >= 0.6 is 0 Å². The molecule has 3 nitrogen and oxygen atoms in total. The van der Waals surface area contributed by atoms with Crippen LogP contribution in [0.15, 0.2) is 0 Å². The summed E-state index contributed by atoms with van der Waals surface area (Å²) in [5, 5.41) is 0. The monoisotopic (exact) mass is 156 g/mol. The van der Waals surface area contributed by atoms with Gasteiger partial charge in [0.25, 0.3) is 5.97 Å². The molecule has 0 aromatic carbocycles. The lowest BCUT2D eigenvalue weighted by molar-refractivity contribution is -0.142. The van der Waals surface area contributed by atoms with Gasteiger partial charge in [0.15, 0.2) is 0 Å². The second-order valence-electron chi connectivity index (χ2n) is 3.25. The predicted molar refractivity (Wildman–Crippen MR) is 42.1 cm³/mol. The van der Waals surface area contributed by atoms with Gasteiger partial charge in [0.05, 0.1) is 12.5 Å². The smallest absolute Gasteiger partial charge is 0.509 e. The maximum absolute atomic E-state index is 10.9. The van der Waals surface area contributed by atoms with Gasteiger partial charge in [0.1, 0.15) is 0 Å². The van der Waals surface area contributed by atoms with Crippen LogP contribution < -0.4 is 0 Å². The fraction of sp³-hybridized carbons (Fsp3) is 0.857. The zero-order chi connectivity index (χ0) is 8.43. The van der Waals surface area contributed by atoms with Crippen molar-refractivity contribution in [3.63, 3.8) is 0 Å². The van der Waals surface area contributed by atoms with Gasteiger partial charge in [-0.25, -0.2) is 0 Å². The minimum atomic E-state index is -0.341. The predicted octanol–water partition coefficient (Wildman–Crippen LogP) is 1.24. The Hall–Kier alpha value is -0.505. The van der Waals surface area contributed by atoms with Crippen LogP contribution in [-0.4, -0.2) is 19.2 Å². The maximum atomic E-state index is 10.9. The third-order valence-corrected chi connectivity index (χ3v) is 1.61. The molecule has 0 aromatic rings. The van der Waals surface area contributed by atoms with Gasteiger partial charge in [0.2, 0.25) is 0 Å². The van der Waals surface area contributed by atoms with Crippen LogP contribution in [0.3, 0.4) is 0 Å². The summed E-state index contributed by atoms with van der Waals surface area (Å²) in [4.78, 5) is 10.9. The molecule has 4 heteroatoms. The quantitative estimate of drug-likeness (QED) is 0.535. The van der Waals surface area contributed by atoms with Gasteiger partial charge in [-0.15, -0.1) is 0 Å². The first-order chi connectivity index (χ1) is 5.09. The van der Waals surface area contributed by atoms with Crippen LogP contribution in [0.5, 0.6) is 0 Å². The van der Waals surface area contributed by atoms with Gasteiger partial charge >= 0.3 is 7.12 Å². The van der Waals surface area contributed by atoms with Crippen LogP contribution in [0.2, 0.25) is 5.82 Å². The highest BCUT2D eigenvalue weighted by Crippen LogP contribution is 2.18. The van der Waals surface area contributed by atoms with Gasteiger partial charge in [-0.1, -0.05) is 13.8 Å². The molecule has 0 N–H and O–H groups in total. The van der Waals surface area contributed by atoms with E-state index in [0.29, 0.717) is 6.42 Å². The summed E-state index contributed by atoms with van der Waals surface area (Å²) in [6.45, 7) is 5.82. The SMILES string of the molecule is CC1CC(=O)OB(C(C)C)O1. The average Bonchev–Trinajstić information content (AvgIpc) is 1.85. The molecule has 1 heterocycles. The molecule has 0 aromatic heterocycles. The van der Waals surface area contributed by atoms with Gasteiger partial charge in [-0.05, 0) is 6.92 Å². The van der Waals surface area contributed by atoms with Crippen LogP contribution in [0.25, 0.3) is 0 Å². The number of carbonyl (C=O) groups is 1. The first-order valence-corrected chi connectivity index (χ1v) is 3.94. The van der Waals surface area contributed by atoms with Crippen molar-refractivity contribution in [2.75, 3.05) is 0 Å². The minimum absolute atomic E-state index is 0.00338. The van der Waals surface area contributed by atoms with Crippen LogP contribution in [0.4, 0.5) is 0 Å². The fourth-order valence-electron chi connectivity index (χ4n) is 1.01. The number of hydrogen-bond acceptors (Lipinski definition) is 3. The van der Waals surface area contributed by atoms with Crippen molar-refractivity contribution in [3.05, 3.63) is 0 Å². The molecule has 0 saturated carbocycles. The van der Waals surface area contributed by atoms with E-state index in [4.69, 9.17) is 9.31 Å². The van der Waals surface area contributed by atoms with Crippen molar-refractivity contribution >= 4 is 13.1 Å². The Morgan fingerprint density at radius 1 is 1.64 bits per heavy atom. The standard InChI is InChI=1S/C7H13BO3/c1-5(2)8-10-6(3)4-7(9)11-8/h5-6H,4H2,1-3H3. The van der Waals surface area contributed by atoms with E-state index < -0.39 is 0 Å². The third kappa shape index (κ3) is 2.22. The zero-order valence-electron chi connectivity index (χ0n) is 7.16. The molecular formula is C7H13BO3. The lowest BCUT2D eigenvalue weighted by atomic mass is 9.73. The van der Waals surface area contributed by atoms with E-state index in [9.17, 15) is 4.79 Å². The Labute approximate surface area is 67.2 Å². The molecule has 62 valence electrons. The second-order valence-corrected chi connectivity index (χ2v) is 3.25. The number of carbonyl (C=O) groups excluding carboxylic acids is 1. The first kappa shape index (κ1) is 8.59. The lowest BCUT2D eigenvalue weighted by Crippen LogP contribution is -2.39. The number of rotatable bonds is 1. The first-order valence-electron chi connectivity index (χ1n) is 3.94. The largest absolute Gasteiger partial charge is 0.530 e.